The van der Waals surface area contributed by atoms with E-state index >= 15 is 0 Å². The van der Waals surface area contributed by atoms with Crippen molar-refractivity contribution in [2.24, 2.45) is 11.5 Å². The van der Waals surface area contributed by atoms with E-state index in [1.807, 2.05) is 25.1 Å². The van der Waals surface area contributed by atoms with Gasteiger partial charge in [-0.2, -0.15) is 13.2 Å². The van der Waals surface area contributed by atoms with Gasteiger partial charge in [-0.25, -0.2) is 0 Å². The molecule has 0 fully saturated rings. The molecular formula is C24H21F3N2OS. The monoisotopic (exact) mass is 442 g/mol. The van der Waals surface area contributed by atoms with E-state index in [0.717, 1.165) is 32.2 Å². The number of primary amides is 1. The minimum absolute atomic E-state index is 0.224. The van der Waals surface area contributed by atoms with Gasteiger partial charge in [0, 0.05) is 32.8 Å². The Morgan fingerprint density at radius 1 is 1.16 bits per heavy atom. The molecule has 4 N–H and O–H groups in total. The van der Waals surface area contributed by atoms with Gasteiger partial charge in [0.15, 0.2) is 0 Å². The summed E-state index contributed by atoms with van der Waals surface area (Å²) in [4.78, 5) is 12.6. The Kier molecular flexibility index (Phi) is 6.36. The number of thiophene rings is 1. The van der Waals surface area contributed by atoms with E-state index in [9.17, 15) is 18.0 Å². The predicted octanol–water partition coefficient (Wildman–Crippen LogP) is 5.72. The first kappa shape index (κ1) is 22.4. The zero-order valence-corrected chi connectivity index (χ0v) is 17.6. The topological polar surface area (TPSA) is 69.1 Å². The molecule has 0 saturated heterocycles. The second-order valence-electron chi connectivity index (χ2n) is 7.03. The highest BCUT2D eigenvalue weighted by molar-refractivity contribution is 7.19. The number of amides is 1. The number of rotatable bonds is 6. The van der Waals surface area contributed by atoms with Crippen LogP contribution in [0.25, 0.3) is 15.8 Å². The maximum absolute atomic E-state index is 13.0. The molecule has 7 heteroatoms. The summed E-state index contributed by atoms with van der Waals surface area (Å²) >= 11 is 1.48. The normalized spacial score (nSPS) is 12.9. The fraction of sp³-hybridized carbons (Fsp3) is 0.125. The predicted molar refractivity (Wildman–Crippen MR) is 120 cm³/mol. The Labute approximate surface area is 182 Å². The zero-order valence-electron chi connectivity index (χ0n) is 16.8. The van der Waals surface area contributed by atoms with Crippen LogP contribution in [-0.4, -0.2) is 5.91 Å². The van der Waals surface area contributed by atoms with E-state index in [1.54, 1.807) is 6.07 Å². The van der Waals surface area contributed by atoms with Gasteiger partial charge in [-0.15, -0.1) is 11.3 Å². The fourth-order valence-corrected chi connectivity index (χ4v) is 4.68. The number of carbonyl (C=O) groups excluding carboxylic acids is 1. The van der Waals surface area contributed by atoms with Gasteiger partial charge >= 0.3 is 6.18 Å². The van der Waals surface area contributed by atoms with Gasteiger partial charge < -0.3 is 11.5 Å². The summed E-state index contributed by atoms with van der Waals surface area (Å²) in [7, 11) is 0. The van der Waals surface area contributed by atoms with Crippen molar-refractivity contribution >= 4 is 33.0 Å². The third kappa shape index (κ3) is 4.88. The summed E-state index contributed by atoms with van der Waals surface area (Å²) in [6, 6.07) is 11.0. The van der Waals surface area contributed by atoms with Crippen molar-refractivity contribution < 1.29 is 18.0 Å². The van der Waals surface area contributed by atoms with Gasteiger partial charge in [0.2, 0.25) is 5.91 Å². The minimum Gasteiger partial charge on any atom is -0.398 e. The molecule has 0 bridgehead atoms. The van der Waals surface area contributed by atoms with Gasteiger partial charge in [0.1, 0.15) is 0 Å². The molecule has 0 unspecified atom stereocenters. The van der Waals surface area contributed by atoms with Crippen LogP contribution in [0.5, 0.6) is 0 Å². The van der Waals surface area contributed by atoms with E-state index in [4.69, 9.17) is 11.5 Å². The largest absolute Gasteiger partial charge is 0.416 e. The number of carbonyl (C=O) groups is 1. The van der Waals surface area contributed by atoms with Crippen molar-refractivity contribution in [3.05, 3.63) is 100.0 Å². The molecule has 3 nitrogen and oxygen atoms in total. The number of benzene rings is 2. The Morgan fingerprint density at radius 2 is 1.87 bits per heavy atom. The van der Waals surface area contributed by atoms with Crippen molar-refractivity contribution in [1.82, 2.24) is 0 Å². The van der Waals surface area contributed by atoms with Gasteiger partial charge in [0.25, 0.3) is 0 Å². The summed E-state index contributed by atoms with van der Waals surface area (Å²) in [6.45, 7) is 5.51. The molecule has 160 valence electrons. The summed E-state index contributed by atoms with van der Waals surface area (Å²) in [5, 5.41) is 0.967. The summed E-state index contributed by atoms with van der Waals surface area (Å²) in [5.41, 5.74) is 13.9. The molecule has 3 aromatic rings. The maximum atomic E-state index is 13.0. The molecule has 0 aliphatic carbocycles. The highest BCUT2D eigenvalue weighted by Gasteiger charge is 2.30. The van der Waals surface area contributed by atoms with Crippen molar-refractivity contribution in [3.8, 4) is 0 Å². The van der Waals surface area contributed by atoms with Crippen LogP contribution in [0.2, 0.25) is 0 Å². The third-order valence-corrected chi connectivity index (χ3v) is 6.23. The molecule has 1 amide bonds. The van der Waals surface area contributed by atoms with Crippen LogP contribution < -0.4 is 11.5 Å². The Morgan fingerprint density at radius 3 is 2.52 bits per heavy atom. The number of allylic oxidation sites excluding steroid dienone is 2. The number of fused-ring (bicyclic) bond motifs is 1. The van der Waals surface area contributed by atoms with Crippen molar-refractivity contribution in [2.45, 2.75) is 19.5 Å². The number of hydrogen-bond donors (Lipinski definition) is 2. The SMILES string of the molecule is C=C/C=C(\C=C(/N)c1cccc2c(C)c(Cc3cccc(C(F)(F)F)c3)sc12)C(N)=O. The third-order valence-electron chi connectivity index (χ3n) is 4.89. The molecule has 2 aromatic carbocycles. The van der Waals surface area contributed by atoms with Crippen LogP contribution in [0, 0.1) is 6.92 Å². The zero-order chi connectivity index (χ0) is 22.8. The van der Waals surface area contributed by atoms with Gasteiger partial charge in [-0.1, -0.05) is 49.1 Å². The number of aryl methyl sites for hydroxylation is 1. The van der Waals surface area contributed by atoms with Gasteiger partial charge in [0.05, 0.1) is 5.56 Å². The Hall–Kier alpha value is -3.32. The van der Waals surface area contributed by atoms with Crippen molar-refractivity contribution in [1.29, 1.82) is 0 Å². The average Bonchev–Trinajstić information content (AvgIpc) is 3.02. The van der Waals surface area contributed by atoms with E-state index < -0.39 is 17.6 Å². The molecule has 0 aliphatic rings. The number of halogens is 3. The highest BCUT2D eigenvalue weighted by Crippen LogP contribution is 2.37. The van der Waals surface area contributed by atoms with Crippen LogP contribution in [0.3, 0.4) is 0 Å². The molecule has 0 aliphatic heterocycles. The standard InChI is InChI=1S/C24H21F3N2OS/c1-3-6-16(23(29)30)13-20(28)19-10-5-9-18-14(2)21(31-22(18)19)12-15-7-4-8-17(11-15)24(25,26)27/h3-11,13H,1,12,28H2,2H3,(H2,29,30)/b16-6+,20-13-. The Balaban J connectivity index is 2.05. The summed E-state index contributed by atoms with van der Waals surface area (Å²) in [5.74, 6) is -0.623. The second-order valence-corrected chi connectivity index (χ2v) is 8.13. The van der Waals surface area contributed by atoms with Crippen molar-refractivity contribution in [2.75, 3.05) is 0 Å². The van der Waals surface area contributed by atoms with Gasteiger partial charge in [-0.05, 0) is 41.7 Å². The average molecular weight is 443 g/mol. The molecule has 0 radical (unpaired) electrons. The molecule has 0 atom stereocenters. The number of hydrogen-bond acceptors (Lipinski definition) is 3. The smallest absolute Gasteiger partial charge is 0.398 e. The van der Waals surface area contributed by atoms with Crippen molar-refractivity contribution in [3.63, 3.8) is 0 Å². The number of alkyl halides is 3. The first-order chi connectivity index (χ1) is 14.6. The van der Waals surface area contributed by atoms with Crippen LogP contribution in [0.1, 0.15) is 27.1 Å². The molecular weight excluding hydrogens is 421 g/mol. The maximum Gasteiger partial charge on any atom is 0.416 e. The van der Waals surface area contributed by atoms with E-state index in [1.165, 1.54) is 41.7 Å². The second kappa shape index (κ2) is 8.81. The van der Waals surface area contributed by atoms with E-state index in [0.29, 0.717) is 17.7 Å². The van der Waals surface area contributed by atoms with Crippen LogP contribution in [0.15, 0.2) is 72.8 Å². The van der Waals surface area contributed by atoms with Crippen LogP contribution in [0.4, 0.5) is 13.2 Å². The van der Waals surface area contributed by atoms with Crippen LogP contribution in [-0.2, 0) is 17.4 Å². The summed E-state index contributed by atoms with van der Waals surface area (Å²) < 4.78 is 40.1. The lowest BCUT2D eigenvalue weighted by atomic mass is 10.0. The first-order valence-corrected chi connectivity index (χ1v) is 10.2. The molecule has 3 rings (SSSR count). The Bertz CT molecular complexity index is 1220. The minimum atomic E-state index is -4.38. The summed E-state index contributed by atoms with van der Waals surface area (Å²) in [6.07, 6.45) is 0.428. The van der Waals surface area contributed by atoms with E-state index in [-0.39, 0.29) is 5.57 Å². The van der Waals surface area contributed by atoms with E-state index in [2.05, 4.69) is 6.58 Å². The van der Waals surface area contributed by atoms with Crippen LogP contribution >= 0.6 is 11.3 Å². The molecule has 31 heavy (non-hydrogen) atoms. The lowest BCUT2D eigenvalue weighted by Crippen LogP contribution is -2.13. The molecule has 0 spiro atoms. The highest BCUT2D eigenvalue weighted by atomic mass is 32.1. The quantitative estimate of drug-likeness (QED) is 0.379. The lowest BCUT2D eigenvalue weighted by Gasteiger charge is -2.08. The first-order valence-electron chi connectivity index (χ1n) is 9.39. The lowest BCUT2D eigenvalue weighted by molar-refractivity contribution is -0.137. The fourth-order valence-electron chi connectivity index (χ4n) is 3.30. The molecule has 1 aromatic heterocycles. The number of nitrogens with two attached hydrogens (primary N) is 2. The molecule has 0 saturated carbocycles. The van der Waals surface area contributed by atoms with Gasteiger partial charge in [-0.3, -0.25) is 4.79 Å². The molecule has 1 heterocycles.